The summed E-state index contributed by atoms with van der Waals surface area (Å²) < 4.78 is 28.5. The number of aryl methyl sites for hydroxylation is 1. The van der Waals surface area contributed by atoms with E-state index < -0.39 is 6.61 Å². The fourth-order valence-electron chi connectivity index (χ4n) is 2.85. The smallest absolute Gasteiger partial charge is 0.387 e. The highest BCUT2D eigenvalue weighted by Gasteiger charge is 2.24. The number of likely N-dealkylation sites (tertiary alicyclic amines) is 1. The van der Waals surface area contributed by atoms with E-state index in [2.05, 4.69) is 16.6 Å². The van der Waals surface area contributed by atoms with Crippen molar-refractivity contribution >= 4 is 0 Å². The molecule has 2 rings (SSSR count). The molecular weight excluding hydrogens is 274 g/mol. The minimum absolute atomic E-state index is 0.215. The van der Waals surface area contributed by atoms with Gasteiger partial charge in [-0.1, -0.05) is 12.1 Å². The number of ether oxygens (including phenoxy) is 1. The normalized spacial score (nSPS) is 20.9. The molecule has 0 radical (unpaired) electrons. The van der Waals surface area contributed by atoms with Crippen LogP contribution in [0.15, 0.2) is 24.3 Å². The molecule has 2 atom stereocenters. The molecule has 1 fully saturated rings. The molecule has 3 nitrogen and oxygen atoms in total. The molecule has 1 aliphatic heterocycles. The molecule has 0 bridgehead atoms. The summed E-state index contributed by atoms with van der Waals surface area (Å²) >= 11 is 0. The van der Waals surface area contributed by atoms with Crippen LogP contribution < -0.4 is 10.5 Å². The maximum atomic E-state index is 12.1. The van der Waals surface area contributed by atoms with Crippen LogP contribution in [0.1, 0.15) is 25.3 Å². The first-order valence-electron chi connectivity index (χ1n) is 7.56. The summed E-state index contributed by atoms with van der Waals surface area (Å²) in [5.74, 6) is 0.852. The number of rotatable bonds is 7. The zero-order valence-corrected chi connectivity index (χ0v) is 12.5. The van der Waals surface area contributed by atoms with E-state index in [4.69, 9.17) is 5.73 Å². The van der Waals surface area contributed by atoms with Gasteiger partial charge in [-0.15, -0.1) is 0 Å². The molecule has 0 spiro atoms. The Balaban J connectivity index is 1.77. The van der Waals surface area contributed by atoms with Gasteiger partial charge in [0.15, 0.2) is 0 Å². The van der Waals surface area contributed by atoms with Crippen LogP contribution in [-0.2, 0) is 6.42 Å². The molecule has 0 aliphatic carbocycles. The summed E-state index contributed by atoms with van der Waals surface area (Å²) in [6, 6.07) is 7.45. The van der Waals surface area contributed by atoms with Gasteiger partial charge in [0.05, 0.1) is 0 Å². The third kappa shape index (κ3) is 4.93. The fourth-order valence-corrected chi connectivity index (χ4v) is 2.85. The Morgan fingerprint density at radius 2 is 2.05 bits per heavy atom. The SMILES string of the molecule is CC(CCc1ccc(OC(F)F)cc1)N1CCC(CN)C1. The Bertz CT molecular complexity index is 425. The van der Waals surface area contributed by atoms with Crippen molar-refractivity contribution < 1.29 is 13.5 Å². The van der Waals surface area contributed by atoms with Crippen molar-refractivity contribution in [3.8, 4) is 5.75 Å². The second-order valence-electron chi connectivity index (χ2n) is 5.80. The molecule has 0 saturated carbocycles. The van der Waals surface area contributed by atoms with Gasteiger partial charge in [0.1, 0.15) is 5.75 Å². The molecule has 118 valence electrons. The lowest BCUT2D eigenvalue weighted by atomic mass is 10.1. The van der Waals surface area contributed by atoms with E-state index in [1.807, 2.05) is 12.1 Å². The van der Waals surface area contributed by atoms with Gasteiger partial charge in [-0.2, -0.15) is 8.78 Å². The average Bonchev–Trinajstić information content (AvgIpc) is 2.94. The Labute approximate surface area is 125 Å². The van der Waals surface area contributed by atoms with E-state index in [1.165, 1.54) is 6.42 Å². The number of alkyl halides is 2. The third-order valence-corrected chi connectivity index (χ3v) is 4.27. The maximum Gasteiger partial charge on any atom is 0.387 e. The molecule has 1 heterocycles. The third-order valence-electron chi connectivity index (χ3n) is 4.27. The average molecular weight is 298 g/mol. The van der Waals surface area contributed by atoms with Crippen LogP contribution in [0, 0.1) is 5.92 Å². The van der Waals surface area contributed by atoms with Crippen LogP contribution in [0.3, 0.4) is 0 Å². The van der Waals surface area contributed by atoms with Crippen LogP contribution in [-0.4, -0.2) is 37.2 Å². The second-order valence-corrected chi connectivity index (χ2v) is 5.80. The Morgan fingerprint density at radius 3 is 2.62 bits per heavy atom. The summed E-state index contributed by atoms with van der Waals surface area (Å²) in [7, 11) is 0. The monoisotopic (exact) mass is 298 g/mol. The molecule has 2 unspecified atom stereocenters. The summed E-state index contributed by atoms with van der Waals surface area (Å²) in [5, 5.41) is 0. The van der Waals surface area contributed by atoms with Crippen molar-refractivity contribution in [3.63, 3.8) is 0 Å². The number of hydrogen-bond acceptors (Lipinski definition) is 3. The van der Waals surface area contributed by atoms with Crippen LogP contribution in [0.25, 0.3) is 0 Å². The molecule has 2 N–H and O–H groups in total. The molecular formula is C16H24F2N2O. The molecule has 5 heteroatoms. The quantitative estimate of drug-likeness (QED) is 0.841. The van der Waals surface area contributed by atoms with Crippen LogP contribution in [0.2, 0.25) is 0 Å². The first-order chi connectivity index (χ1) is 10.1. The lowest BCUT2D eigenvalue weighted by Crippen LogP contribution is -2.32. The van der Waals surface area contributed by atoms with Gasteiger partial charge in [-0.25, -0.2) is 0 Å². The van der Waals surface area contributed by atoms with E-state index in [0.29, 0.717) is 12.0 Å². The van der Waals surface area contributed by atoms with Crippen molar-refractivity contribution in [2.45, 2.75) is 38.8 Å². The number of nitrogens with two attached hydrogens (primary N) is 1. The van der Waals surface area contributed by atoms with Crippen LogP contribution >= 0.6 is 0 Å². The Morgan fingerprint density at radius 1 is 1.33 bits per heavy atom. The van der Waals surface area contributed by atoms with E-state index >= 15 is 0 Å². The molecule has 21 heavy (non-hydrogen) atoms. The van der Waals surface area contributed by atoms with E-state index in [-0.39, 0.29) is 5.75 Å². The minimum Gasteiger partial charge on any atom is -0.435 e. The van der Waals surface area contributed by atoms with E-state index in [1.54, 1.807) is 12.1 Å². The number of benzene rings is 1. The fraction of sp³-hybridized carbons (Fsp3) is 0.625. The topological polar surface area (TPSA) is 38.5 Å². The largest absolute Gasteiger partial charge is 0.435 e. The first kappa shape index (κ1) is 16.2. The number of hydrogen-bond donors (Lipinski definition) is 1. The highest BCUT2D eigenvalue weighted by atomic mass is 19.3. The lowest BCUT2D eigenvalue weighted by Gasteiger charge is -2.24. The first-order valence-corrected chi connectivity index (χ1v) is 7.56. The molecule has 1 aromatic rings. The number of nitrogens with zero attached hydrogens (tertiary/aromatic N) is 1. The van der Waals surface area contributed by atoms with Crippen molar-refractivity contribution in [1.82, 2.24) is 4.90 Å². The standard InChI is InChI=1S/C16H24F2N2O/c1-12(20-9-8-14(10-19)11-20)2-3-13-4-6-15(7-5-13)21-16(17)18/h4-7,12,14,16H,2-3,8-11,19H2,1H3. The predicted octanol–water partition coefficient (Wildman–Crippen LogP) is 2.89. The Hall–Kier alpha value is -1.20. The highest BCUT2D eigenvalue weighted by molar-refractivity contribution is 5.27. The summed E-state index contributed by atoms with van der Waals surface area (Å²) in [5.41, 5.74) is 6.87. The van der Waals surface area contributed by atoms with Crippen LogP contribution in [0.5, 0.6) is 5.75 Å². The molecule has 0 aromatic heterocycles. The second kappa shape index (κ2) is 7.71. The predicted molar refractivity (Wildman–Crippen MR) is 79.6 cm³/mol. The van der Waals surface area contributed by atoms with Crippen molar-refractivity contribution in [2.75, 3.05) is 19.6 Å². The maximum absolute atomic E-state index is 12.1. The van der Waals surface area contributed by atoms with Gasteiger partial charge in [0.2, 0.25) is 0 Å². The highest BCUT2D eigenvalue weighted by Crippen LogP contribution is 2.21. The summed E-state index contributed by atoms with van der Waals surface area (Å²) in [6.07, 6.45) is 3.20. The number of halogens is 2. The van der Waals surface area contributed by atoms with Crippen molar-refractivity contribution in [3.05, 3.63) is 29.8 Å². The van der Waals surface area contributed by atoms with E-state index in [9.17, 15) is 8.78 Å². The summed E-state index contributed by atoms with van der Waals surface area (Å²) in [4.78, 5) is 2.49. The van der Waals surface area contributed by atoms with Crippen LogP contribution in [0.4, 0.5) is 8.78 Å². The lowest BCUT2D eigenvalue weighted by molar-refractivity contribution is -0.0498. The zero-order chi connectivity index (χ0) is 15.2. The van der Waals surface area contributed by atoms with Gasteiger partial charge < -0.3 is 15.4 Å². The van der Waals surface area contributed by atoms with Gasteiger partial charge >= 0.3 is 6.61 Å². The van der Waals surface area contributed by atoms with Gasteiger partial charge in [-0.3, -0.25) is 0 Å². The minimum atomic E-state index is -2.76. The molecule has 1 aliphatic rings. The summed E-state index contributed by atoms with van der Waals surface area (Å²) in [6.45, 7) is 2.48. The van der Waals surface area contributed by atoms with Gasteiger partial charge in [0.25, 0.3) is 0 Å². The van der Waals surface area contributed by atoms with Crippen molar-refractivity contribution in [2.24, 2.45) is 11.7 Å². The van der Waals surface area contributed by atoms with Gasteiger partial charge in [0, 0.05) is 12.6 Å². The molecule has 1 saturated heterocycles. The van der Waals surface area contributed by atoms with E-state index in [0.717, 1.165) is 38.0 Å². The van der Waals surface area contributed by atoms with Gasteiger partial charge in [-0.05, 0) is 62.9 Å². The van der Waals surface area contributed by atoms with Crippen molar-refractivity contribution in [1.29, 1.82) is 0 Å². The zero-order valence-electron chi connectivity index (χ0n) is 12.5. The molecule has 0 amide bonds. The Kier molecular flexibility index (Phi) is 5.94. The molecule has 1 aromatic carbocycles.